The molecule has 0 amide bonds. The smallest absolute Gasteiger partial charge is 0.118 e. The summed E-state index contributed by atoms with van der Waals surface area (Å²) in [7, 11) is 4.13. The molecule has 176 valence electrons. The van der Waals surface area contributed by atoms with E-state index in [4.69, 9.17) is 4.84 Å². The second kappa shape index (κ2) is 8.79. The highest BCUT2D eigenvalue weighted by Crippen LogP contribution is 2.68. The van der Waals surface area contributed by atoms with Crippen molar-refractivity contribution in [2.45, 2.75) is 89.8 Å². The highest BCUT2D eigenvalue weighted by Gasteiger charge is 2.65. The average Bonchev–Trinajstić information content (AvgIpc) is 2.99. The van der Waals surface area contributed by atoms with Crippen LogP contribution in [0.3, 0.4) is 0 Å². The van der Waals surface area contributed by atoms with E-state index in [1.54, 1.807) is 6.21 Å². The second-order valence-corrected chi connectivity index (χ2v) is 11.7. The summed E-state index contributed by atoms with van der Waals surface area (Å²) in [5.74, 6) is 1.59. The molecule has 0 saturated heterocycles. The Kier molecular flexibility index (Phi) is 6.60. The third kappa shape index (κ3) is 4.00. The van der Waals surface area contributed by atoms with Crippen molar-refractivity contribution in [2.75, 3.05) is 27.2 Å². The Bertz CT molecular complexity index is 707. The summed E-state index contributed by atoms with van der Waals surface area (Å²) in [6, 6.07) is 0. The van der Waals surface area contributed by atoms with Gasteiger partial charge in [0.25, 0.3) is 0 Å². The molecule has 5 heteroatoms. The molecule has 0 spiro atoms. The average molecular weight is 433 g/mol. The van der Waals surface area contributed by atoms with Crippen LogP contribution in [0.1, 0.15) is 78.1 Å². The highest BCUT2D eigenvalue weighted by atomic mass is 16.6. The lowest BCUT2D eigenvalue weighted by molar-refractivity contribution is -0.195. The minimum Gasteiger partial charge on any atom is -0.396 e. The van der Waals surface area contributed by atoms with Gasteiger partial charge in [0.2, 0.25) is 0 Å². The zero-order chi connectivity index (χ0) is 22.3. The molecule has 4 aliphatic carbocycles. The Morgan fingerprint density at radius 3 is 2.68 bits per heavy atom. The number of aliphatic hydroxyl groups is 2. The van der Waals surface area contributed by atoms with Gasteiger partial charge in [-0.3, -0.25) is 0 Å². The van der Waals surface area contributed by atoms with Crippen molar-refractivity contribution >= 4 is 6.21 Å². The first-order valence-electron chi connectivity index (χ1n) is 12.6. The quantitative estimate of drug-likeness (QED) is 0.371. The molecule has 4 fully saturated rings. The van der Waals surface area contributed by atoms with Crippen molar-refractivity contribution < 1.29 is 15.1 Å². The Labute approximate surface area is 188 Å². The Balaban J connectivity index is 1.44. The molecule has 0 unspecified atom stereocenters. The fraction of sp³-hybridized carbons (Fsp3) is 0.885. The van der Waals surface area contributed by atoms with Crippen LogP contribution >= 0.6 is 0 Å². The first kappa shape index (κ1) is 23.3. The van der Waals surface area contributed by atoms with Gasteiger partial charge in [-0.05, 0) is 108 Å². The Morgan fingerprint density at radius 1 is 1.10 bits per heavy atom. The molecule has 0 aliphatic heterocycles. The van der Waals surface area contributed by atoms with Crippen LogP contribution in [0, 0.1) is 28.6 Å². The van der Waals surface area contributed by atoms with E-state index >= 15 is 0 Å². The van der Waals surface area contributed by atoms with Crippen molar-refractivity contribution in [3.8, 4) is 0 Å². The fourth-order valence-corrected chi connectivity index (χ4v) is 7.98. The van der Waals surface area contributed by atoms with Gasteiger partial charge in [0, 0.05) is 12.0 Å². The van der Waals surface area contributed by atoms with E-state index in [1.165, 1.54) is 12.0 Å². The number of oxime groups is 1. The standard InChI is InChI=1S/C26H44N2O3/c1-24-12-9-21(29)18-20(24)6-7-23-22(24)10-13-25(2)19(8-14-26(23,25)30)11-15-27-31-17-5-16-28(3)4/h11,15,20-23,29-30H,5-10,12-14,16-18H2,1-4H3/b19-11+,27-15+/t20-,21+,22+,23-,24+,25-,26+/m1/s1. The molecule has 0 aromatic carbocycles. The maximum absolute atomic E-state index is 12.1. The lowest BCUT2D eigenvalue weighted by atomic mass is 9.43. The molecular formula is C26H44N2O3. The molecule has 4 saturated carbocycles. The number of allylic oxidation sites excluding steroid dienone is 1. The van der Waals surface area contributed by atoms with Gasteiger partial charge in [-0.25, -0.2) is 0 Å². The topological polar surface area (TPSA) is 65.3 Å². The molecule has 0 aromatic rings. The third-order valence-corrected chi connectivity index (χ3v) is 9.92. The van der Waals surface area contributed by atoms with Crippen molar-refractivity contribution in [1.29, 1.82) is 0 Å². The summed E-state index contributed by atoms with van der Waals surface area (Å²) in [4.78, 5) is 7.57. The van der Waals surface area contributed by atoms with Gasteiger partial charge in [-0.15, -0.1) is 0 Å². The van der Waals surface area contributed by atoms with Crippen LogP contribution in [-0.4, -0.2) is 60.3 Å². The van der Waals surface area contributed by atoms with Gasteiger partial charge < -0.3 is 20.0 Å². The molecule has 4 rings (SSSR count). The van der Waals surface area contributed by atoms with Crippen molar-refractivity contribution in [2.24, 2.45) is 33.7 Å². The van der Waals surface area contributed by atoms with E-state index in [2.05, 4.69) is 44.1 Å². The van der Waals surface area contributed by atoms with Crippen molar-refractivity contribution in [3.63, 3.8) is 0 Å². The van der Waals surface area contributed by atoms with Gasteiger partial charge >= 0.3 is 0 Å². The molecule has 0 radical (unpaired) electrons. The molecule has 5 nitrogen and oxygen atoms in total. The molecule has 0 heterocycles. The van der Waals surface area contributed by atoms with Crippen LogP contribution < -0.4 is 0 Å². The maximum Gasteiger partial charge on any atom is 0.118 e. The van der Waals surface area contributed by atoms with E-state index in [0.717, 1.165) is 64.3 Å². The number of nitrogens with zero attached hydrogens (tertiary/aromatic N) is 2. The summed E-state index contributed by atoms with van der Waals surface area (Å²) in [5, 5.41) is 26.5. The molecular weight excluding hydrogens is 388 g/mol. The molecule has 2 N–H and O–H groups in total. The molecule has 0 aromatic heterocycles. The van der Waals surface area contributed by atoms with Crippen LogP contribution in [0.4, 0.5) is 0 Å². The predicted molar refractivity (Wildman–Crippen MR) is 125 cm³/mol. The van der Waals surface area contributed by atoms with Crippen molar-refractivity contribution in [1.82, 2.24) is 4.90 Å². The van der Waals surface area contributed by atoms with Crippen LogP contribution in [0.2, 0.25) is 0 Å². The van der Waals surface area contributed by atoms with Crippen LogP contribution in [0.15, 0.2) is 16.8 Å². The zero-order valence-corrected chi connectivity index (χ0v) is 20.1. The number of aliphatic hydroxyl groups excluding tert-OH is 1. The monoisotopic (exact) mass is 432 g/mol. The molecule has 0 bridgehead atoms. The normalized spacial score (nSPS) is 46.2. The molecule has 31 heavy (non-hydrogen) atoms. The first-order valence-corrected chi connectivity index (χ1v) is 12.6. The summed E-state index contributed by atoms with van der Waals surface area (Å²) in [5.41, 5.74) is 0.878. The zero-order valence-electron chi connectivity index (χ0n) is 20.1. The van der Waals surface area contributed by atoms with Gasteiger partial charge in [0.1, 0.15) is 6.61 Å². The number of hydrogen-bond acceptors (Lipinski definition) is 5. The van der Waals surface area contributed by atoms with Gasteiger partial charge in [-0.2, -0.15) is 0 Å². The number of rotatable bonds is 6. The van der Waals surface area contributed by atoms with E-state index in [1.807, 2.05) is 0 Å². The first-order chi connectivity index (χ1) is 14.7. The van der Waals surface area contributed by atoms with Crippen LogP contribution in [0.5, 0.6) is 0 Å². The summed E-state index contributed by atoms with van der Waals surface area (Å²) in [6.45, 7) is 6.41. The van der Waals surface area contributed by atoms with E-state index < -0.39 is 5.60 Å². The molecule has 4 aliphatic rings. The minimum absolute atomic E-state index is 0.114. The fourth-order valence-electron chi connectivity index (χ4n) is 7.98. The highest BCUT2D eigenvalue weighted by molar-refractivity contribution is 5.72. The van der Waals surface area contributed by atoms with E-state index in [-0.39, 0.29) is 16.9 Å². The largest absolute Gasteiger partial charge is 0.396 e. The molecule has 7 atom stereocenters. The minimum atomic E-state index is -0.605. The maximum atomic E-state index is 12.1. The predicted octanol–water partition coefficient (Wildman–Crippen LogP) is 4.39. The summed E-state index contributed by atoms with van der Waals surface area (Å²) >= 11 is 0. The van der Waals surface area contributed by atoms with Crippen LogP contribution in [0.25, 0.3) is 0 Å². The lowest BCUT2D eigenvalue weighted by Crippen LogP contribution is -2.61. The Hall–Kier alpha value is -0.910. The third-order valence-electron chi connectivity index (χ3n) is 9.92. The summed E-state index contributed by atoms with van der Waals surface area (Å²) in [6.07, 6.45) is 14.1. The van der Waals surface area contributed by atoms with Gasteiger partial charge in [0.15, 0.2) is 0 Å². The number of fused-ring (bicyclic) bond motifs is 5. The number of hydrogen-bond donors (Lipinski definition) is 2. The lowest BCUT2D eigenvalue weighted by Gasteiger charge is -2.63. The van der Waals surface area contributed by atoms with Crippen molar-refractivity contribution in [3.05, 3.63) is 11.6 Å². The van der Waals surface area contributed by atoms with Crippen LogP contribution in [-0.2, 0) is 4.84 Å². The SMILES string of the molecule is CN(C)CCCO/N=C/C=C1\CC[C@]2(O)[C@@H]3CC[C@@H]4C[C@@H](O)CC[C@]4(C)[C@H]3CC[C@]12C. The van der Waals surface area contributed by atoms with E-state index in [9.17, 15) is 10.2 Å². The van der Waals surface area contributed by atoms with E-state index in [0.29, 0.717) is 24.4 Å². The van der Waals surface area contributed by atoms with Gasteiger partial charge in [-0.1, -0.05) is 24.6 Å². The summed E-state index contributed by atoms with van der Waals surface area (Å²) < 4.78 is 0. The van der Waals surface area contributed by atoms with Gasteiger partial charge in [0.05, 0.1) is 17.9 Å². The Morgan fingerprint density at radius 2 is 1.90 bits per heavy atom. The second-order valence-electron chi connectivity index (χ2n) is 11.7.